The standard InChI is InChI=1S/C17H27N3OS/c1-14(2)22-16-7-4-3-6-15(16)17(21)19-8-5-11-20-12-9-18-10-13-20/h3-4,6-7,14,18H,5,8-13H2,1-2H3,(H,19,21). The van der Waals surface area contributed by atoms with Gasteiger partial charge in [-0.1, -0.05) is 26.0 Å². The van der Waals surface area contributed by atoms with Crippen LogP contribution < -0.4 is 10.6 Å². The summed E-state index contributed by atoms with van der Waals surface area (Å²) in [6.45, 7) is 10.5. The second kappa shape index (κ2) is 9.18. The Labute approximate surface area is 138 Å². The molecule has 0 aromatic heterocycles. The van der Waals surface area contributed by atoms with Gasteiger partial charge in [-0.3, -0.25) is 4.79 Å². The summed E-state index contributed by atoms with van der Waals surface area (Å²) in [5.41, 5.74) is 0.795. The van der Waals surface area contributed by atoms with Crippen LogP contribution in [0.4, 0.5) is 0 Å². The molecule has 0 unspecified atom stereocenters. The maximum Gasteiger partial charge on any atom is 0.252 e. The molecule has 1 heterocycles. The zero-order valence-electron chi connectivity index (χ0n) is 13.6. The monoisotopic (exact) mass is 321 g/mol. The number of thioether (sulfide) groups is 1. The van der Waals surface area contributed by atoms with Crippen LogP contribution >= 0.6 is 11.8 Å². The van der Waals surface area contributed by atoms with Crippen molar-refractivity contribution in [3.8, 4) is 0 Å². The zero-order chi connectivity index (χ0) is 15.8. The maximum absolute atomic E-state index is 12.4. The molecule has 1 aromatic rings. The number of hydrogen-bond acceptors (Lipinski definition) is 4. The van der Waals surface area contributed by atoms with Crippen LogP contribution in [0, 0.1) is 0 Å². The molecule has 1 aliphatic heterocycles. The summed E-state index contributed by atoms with van der Waals surface area (Å²) in [5.74, 6) is 0.0454. The first-order valence-corrected chi connectivity index (χ1v) is 9.01. The molecule has 2 N–H and O–H groups in total. The Morgan fingerprint density at radius 1 is 1.32 bits per heavy atom. The third-order valence-corrected chi connectivity index (χ3v) is 4.72. The number of rotatable bonds is 7. The van der Waals surface area contributed by atoms with E-state index in [1.54, 1.807) is 11.8 Å². The number of nitrogens with zero attached hydrogens (tertiary/aromatic N) is 1. The number of hydrogen-bond donors (Lipinski definition) is 2. The molecule has 0 spiro atoms. The normalized spacial score (nSPS) is 16.0. The van der Waals surface area contributed by atoms with Crippen molar-refractivity contribution < 1.29 is 4.79 Å². The van der Waals surface area contributed by atoms with Crippen LogP contribution in [-0.2, 0) is 0 Å². The van der Waals surface area contributed by atoms with E-state index in [9.17, 15) is 4.79 Å². The highest BCUT2D eigenvalue weighted by molar-refractivity contribution is 8.00. The van der Waals surface area contributed by atoms with Gasteiger partial charge in [0.1, 0.15) is 0 Å². The van der Waals surface area contributed by atoms with E-state index < -0.39 is 0 Å². The molecule has 1 fully saturated rings. The number of amides is 1. The van der Waals surface area contributed by atoms with Crippen molar-refractivity contribution in [3.63, 3.8) is 0 Å². The minimum absolute atomic E-state index is 0.0454. The highest BCUT2D eigenvalue weighted by Crippen LogP contribution is 2.26. The molecule has 0 saturated carbocycles. The van der Waals surface area contributed by atoms with E-state index in [1.165, 1.54) is 0 Å². The van der Waals surface area contributed by atoms with E-state index in [0.717, 1.165) is 56.1 Å². The highest BCUT2D eigenvalue weighted by Gasteiger charge is 2.12. The fourth-order valence-corrected chi connectivity index (χ4v) is 3.50. The van der Waals surface area contributed by atoms with Gasteiger partial charge in [0, 0.05) is 42.9 Å². The van der Waals surface area contributed by atoms with E-state index in [2.05, 4.69) is 29.4 Å². The molecular formula is C17H27N3OS. The lowest BCUT2D eigenvalue weighted by Crippen LogP contribution is -2.44. The van der Waals surface area contributed by atoms with Gasteiger partial charge in [0.25, 0.3) is 5.91 Å². The number of piperazine rings is 1. The summed E-state index contributed by atoms with van der Waals surface area (Å²) < 4.78 is 0. The minimum Gasteiger partial charge on any atom is -0.352 e. The van der Waals surface area contributed by atoms with Crippen molar-refractivity contribution in [2.24, 2.45) is 0 Å². The minimum atomic E-state index is 0.0454. The summed E-state index contributed by atoms with van der Waals surface area (Å²) >= 11 is 1.74. The average molecular weight is 321 g/mol. The van der Waals surface area contributed by atoms with Crippen LogP contribution in [0.1, 0.15) is 30.6 Å². The van der Waals surface area contributed by atoms with E-state index in [1.807, 2.05) is 24.3 Å². The first-order valence-electron chi connectivity index (χ1n) is 8.14. The summed E-state index contributed by atoms with van der Waals surface area (Å²) in [7, 11) is 0. The van der Waals surface area contributed by atoms with Crippen LogP contribution in [0.25, 0.3) is 0 Å². The molecule has 0 radical (unpaired) electrons. The van der Waals surface area contributed by atoms with Gasteiger partial charge in [0.05, 0.1) is 5.56 Å². The molecule has 0 atom stereocenters. The van der Waals surface area contributed by atoms with Crippen LogP contribution in [0.2, 0.25) is 0 Å². The number of nitrogens with one attached hydrogen (secondary N) is 2. The Balaban J connectivity index is 1.77. The molecule has 0 bridgehead atoms. The fourth-order valence-electron chi connectivity index (χ4n) is 2.55. The van der Waals surface area contributed by atoms with Crippen LogP contribution in [0.3, 0.4) is 0 Å². The zero-order valence-corrected chi connectivity index (χ0v) is 14.4. The van der Waals surface area contributed by atoms with Gasteiger partial charge in [-0.05, 0) is 25.1 Å². The number of carbonyl (C=O) groups excluding carboxylic acids is 1. The first-order chi connectivity index (χ1) is 10.7. The summed E-state index contributed by atoms with van der Waals surface area (Å²) in [6, 6.07) is 7.86. The predicted molar refractivity (Wildman–Crippen MR) is 93.7 cm³/mol. The topological polar surface area (TPSA) is 44.4 Å². The van der Waals surface area contributed by atoms with Gasteiger partial charge in [-0.25, -0.2) is 0 Å². The Hall–Kier alpha value is -1.04. The molecule has 0 aliphatic carbocycles. The molecule has 1 saturated heterocycles. The van der Waals surface area contributed by atoms with Gasteiger partial charge in [-0.15, -0.1) is 11.8 Å². The maximum atomic E-state index is 12.4. The van der Waals surface area contributed by atoms with E-state index in [-0.39, 0.29) is 5.91 Å². The van der Waals surface area contributed by atoms with Gasteiger partial charge in [-0.2, -0.15) is 0 Å². The third kappa shape index (κ3) is 5.63. The first kappa shape index (κ1) is 17.3. The smallest absolute Gasteiger partial charge is 0.252 e. The van der Waals surface area contributed by atoms with Gasteiger partial charge >= 0.3 is 0 Å². The number of carbonyl (C=O) groups is 1. The Morgan fingerprint density at radius 2 is 2.05 bits per heavy atom. The van der Waals surface area contributed by atoms with Gasteiger partial charge in [0.2, 0.25) is 0 Å². The van der Waals surface area contributed by atoms with Gasteiger partial charge in [0.15, 0.2) is 0 Å². The van der Waals surface area contributed by atoms with Crippen molar-refractivity contribution in [2.75, 3.05) is 39.3 Å². The van der Waals surface area contributed by atoms with Crippen LogP contribution in [-0.4, -0.2) is 55.3 Å². The molecule has 5 heteroatoms. The largest absolute Gasteiger partial charge is 0.352 e. The molecule has 2 rings (SSSR count). The SMILES string of the molecule is CC(C)Sc1ccccc1C(=O)NCCCN1CCNCC1. The molecule has 1 aliphatic rings. The van der Waals surface area contributed by atoms with Crippen molar-refractivity contribution in [3.05, 3.63) is 29.8 Å². The summed E-state index contributed by atoms with van der Waals surface area (Å²) in [5, 5.41) is 6.88. The van der Waals surface area contributed by atoms with E-state index in [0.29, 0.717) is 5.25 Å². The quantitative estimate of drug-likeness (QED) is 0.597. The lowest BCUT2D eigenvalue weighted by molar-refractivity contribution is 0.0948. The van der Waals surface area contributed by atoms with E-state index >= 15 is 0 Å². The molecule has 1 amide bonds. The van der Waals surface area contributed by atoms with E-state index in [4.69, 9.17) is 0 Å². The van der Waals surface area contributed by atoms with Crippen molar-refractivity contribution in [1.29, 1.82) is 0 Å². The number of benzene rings is 1. The van der Waals surface area contributed by atoms with Crippen molar-refractivity contribution in [2.45, 2.75) is 30.4 Å². The van der Waals surface area contributed by atoms with Crippen molar-refractivity contribution >= 4 is 17.7 Å². The fraction of sp³-hybridized carbons (Fsp3) is 0.588. The van der Waals surface area contributed by atoms with Crippen LogP contribution in [0.5, 0.6) is 0 Å². The molecular weight excluding hydrogens is 294 g/mol. The van der Waals surface area contributed by atoms with Gasteiger partial charge < -0.3 is 15.5 Å². The van der Waals surface area contributed by atoms with Crippen LogP contribution in [0.15, 0.2) is 29.2 Å². The lowest BCUT2D eigenvalue weighted by Gasteiger charge is -2.27. The Morgan fingerprint density at radius 3 is 2.77 bits per heavy atom. The molecule has 22 heavy (non-hydrogen) atoms. The summed E-state index contributed by atoms with van der Waals surface area (Å²) in [6.07, 6.45) is 1.01. The Bertz CT molecular complexity index is 473. The second-order valence-corrected chi connectivity index (χ2v) is 7.48. The molecule has 122 valence electrons. The van der Waals surface area contributed by atoms with Crippen molar-refractivity contribution in [1.82, 2.24) is 15.5 Å². The lowest BCUT2D eigenvalue weighted by atomic mass is 10.2. The molecule has 1 aromatic carbocycles. The predicted octanol–water partition coefficient (Wildman–Crippen LogP) is 2.21. The summed E-state index contributed by atoms with van der Waals surface area (Å²) in [4.78, 5) is 15.9. The second-order valence-electron chi connectivity index (χ2n) is 5.86. The average Bonchev–Trinajstić information content (AvgIpc) is 2.52. The molecule has 4 nitrogen and oxygen atoms in total. The highest BCUT2D eigenvalue weighted by atomic mass is 32.2. The Kier molecular flexibility index (Phi) is 7.22. The third-order valence-electron chi connectivity index (χ3n) is 3.64.